The van der Waals surface area contributed by atoms with E-state index in [1.54, 1.807) is 14.2 Å². The summed E-state index contributed by atoms with van der Waals surface area (Å²) >= 11 is 0. The second-order valence-corrected chi connectivity index (χ2v) is 15.8. The molecule has 2 heterocycles. The second kappa shape index (κ2) is 16.0. The summed E-state index contributed by atoms with van der Waals surface area (Å²) in [5.41, 5.74) is 2.51. The van der Waals surface area contributed by atoms with Crippen molar-refractivity contribution in [1.29, 1.82) is 0 Å². The number of piperazine rings is 2. The number of carboxylic acid groups (broad SMARTS) is 2. The lowest BCUT2D eigenvalue weighted by Crippen LogP contribution is -2.50. The average Bonchev–Trinajstić information content (AvgIpc) is 3.93. The lowest BCUT2D eigenvalue weighted by Gasteiger charge is -2.40. The van der Waals surface area contributed by atoms with E-state index >= 15 is 0 Å². The molecule has 2 aliphatic heterocycles. The summed E-state index contributed by atoms with van der Waals surface area (Å²) in [6.45, 7) is 9.20. The lowest BCUT2D eigenvalue weighted by molar-refractivity contribution is -0.159. The maximum absolute atomic E-state index is 9.10. The quantitative estimate of drug-likeness (QED) is 0.338. The first-order valence-electron chi connectivity index (χ1n) is 19.3. The minimum absolute atomic E-state index is 0.769. The molecule has 51 heavy (non-hydrogen) atoms. The smallest absolute Gasteiger partial charge is 0.414 e. The fourth-order valence-electron chi connectivity index (χ4n) is 10.8. The van der Waals surface area contributed by atoms with Crippen LogP contribution in [0.15, 0.2) is 48.5 Å². The van der Waals surface area contributed by atoms with Crippen LogP contribution in [0.2, 0.25) is 0 Å². The predicted molar refractivity (Wildman–Crippen MR) is 198 cm³/mol. The van der Waals surface area contributed by atoms with Gasteiger partial charge >= 0.3 is 11.9 Å². The van der Waals surface area contributed by atoms with E-state index in [4.69, 9.17) is 29.3 Å². The average molecular weight is 704 g/mol. The Morgan fingerprint density at radius 3 is 1.20 bits per heavy atom. The van der Waals surface area contributed by atoms with Crippen molar-refractivity contribution in [3.63, 3.8) is 0 Å². The predicted octanol–water partition coefficient (Wildman–Crippen LogP) is 4.51. The Balaban J connectivity index is 0.000000625. The van der Waals surface area contributed by atoms with E-state index in [0.29, 0.717) is 0 Å². The summed E-state index contributed by atoms with van der Waals surface area (Å²) in [5, 5.41) is 19.0. The summed E-state index contributed by atoms with van der Waals surface area (Å²) in [5.74, 6) is 2.14. The Labute approximate surface area is 302 Å². The number of methoxy groups -OCH3 is 2. The number of nitrogens with one attached hydrogen (secondary N) is 1. The Morgan fingerprint density at radius 1 is 0.549 bits per heavy atom. The minimum Gasteiger partial charge on any atom is -0.495 e. The summed E-state index contributed by atoms with van der Waals surface area (Å²) in [7, 11) is 3.58. The van der Waals surface area contributed by atoms with E-state index in [1.165, 1.54) is 88.9 Å². The number of carbonyl (C=O) groups is 2. The Bertz CT molecular complexity index is 1360. The highest BCUT2D eigenvalue weighted by Crippen LogP contribution is 2.49. The number of nitrogens with zero attached hydrogens (tertiary/aromatic N) is 4. The van der Waals surface area contributed by atoms with Crippen LogP contribution in [0.5, 0.6) is 11.5 Å². The highest BCUT2D eigenvalue weighted by Gasteiger charge is 2.47. The van der Waals surface area contributed by atoms with Crippen LogP contribution < -0.4 is 24.6 Å². The molecule has 2 saturated heterocycles. The van der Waals surface area contributed by atoms with Crippen molar-refractivity contribution in [1.82, 2.24) is 15.1 Å². The van der Waals surface area contributed by atoms with Crippen molar-refractivity contribution >= 4 is 23.3 Å². The van der Waals surface area contributed by atoms with Gasteiger partial charge < -0.3 is 34.8 Å². The molecule has 3 N–H and O–H groups in total. The van der Waals surface area contributed by atoms with Crippen molar-refractivity contribution in [2.75, 3.05) is 76.4 Å². The van der Waals surface area contributed by atoms with Crippen LogP contribution in [0, 0.1) is 23.7 Å². The number of anilines is 2. The number of para-hydroxylation sites is 4. The highest BCUT2D eigenvalue weighted by molar-refractivity contribution is 6.27. The molecule has 0 amide bonds. The molecule has 4 saturated carbocycles. The van der Waals surface area contributed by atoms with Crippen LogP contribution in [0.3, 0.4) is 0 Å². The van der Waals surface area contributed by atoms with Gasteiger partial charge in [-0.25, -0.2) is 9.59 Å². The summed E-state index contributed by atoms with van der Waals surface area (Å²) in [6.07, 6.45) is 11.4. The Morgan fingerprint density at radius 2 is 0.882 bits per heavy atom. The Hall–Kier alpha value is -3.54. The summed E-state index contributed by atoms with van der Waals surface area (Å²) in [6, 6.07) is 20.2. The number of rotatable bonds is 8. The standard InChI is InChI=1S/C38H55N5O2.C2H2O4/c1-44-37-9-5-3-7-35(37)42-15-11-40(12-16-42)33-23-27-19-31(20-28(27)24-33)39-32-21-29-25-34(26-30(29)22-32)41-13-17-43(18-14-41)36-8-4-6-10-38(36)45-2;3-1(4)2(5)6/h3-10,27-34,39H,11-26H2,1-2H3;(H,3,4)(H,5,6). The molecule has 4 aliphatic carbocycles. The van der Waals surface area contributed by atoms with Crippen LogP contribution in [-0.4, -0.2) is 123 Å². The molecule has 11 heteroatoms. The third-order valence-corrected chi connectivity index (χ3v) is 13.1. The van der Waals surface area contributed by atoms with Gasteiger partial charge in [0.1, 0.15) is 11.5 Å². The van der Waals surface area contributed by atoms with Crippen LogP contribution >= 0.6 is 0 Å². The fourth-order valence-corrected chi connectivity index (χ4v) is 10.8. The van der Waals surface area contributed by atoms with Gasteiger partial charge in [0, 0.05) is 76.5 Å². The van der Waals surface area contributed by atoms with Crippen molar-refractivity contribution in [3.05, 3.63) is 48.5 Å². The molecule has 0 aromatic heterocycles. The van der Waals surface area contributed by atoms with Gasteiger partial charge in [-0.05, 0) is 99.3 Å². The molecule has 0 radical (unpaired) electrons. The van der Waals surface area contributed by atoms with Gasteiger partial charge in [-0.15, -0.1) is 0 Å². The van der Waals surface area contributed by atoms with Gasteiger partial charge in [0.2, 0.25) is 0 Å². The first-order chi connectivity index (χ1) is 24.8. The van der Waals surface area contributed by atoms with E-state index in [2.05, 4.69) is 73.4 Å². The molecule has 4 atom stereocenters. The normalized spacial score (nSPS) is 32.2. The molecule has 0 spiro atoms. The highest BCUT2D eigenvalue weighted by atomic mass is 16.5. The maximum atomic E-state index is 9.10. The minimum atomic E-state index is -1.82. The zero-order valence-corrected chi connectivity index (χ0v) is 30.4. The molecule has 6 aliphatic rings. The molecule has 11 nitrogen and oxygen atoms in total. The van der Waals surface area contributed by atoms with Gasteiger partial charge in [0.15, 0.2) is 0 Å². The van der Waals surface area contributed by atoms with E-state index in [1.807, 2.05) is 0 Å². The fraction of sp³-hybridized carbons (Fsp3) is 0.650. The van der Waals surface area contributed by atoms with Crippen molar-refractivity contribution < 1.29 is 29.3 Å². The molecule has 4 unspecified atom stereocenters. The van der Waals surface area contributed by atoms with Crippen molar-refractivity contribution in [3.8, 4) is 11.5 Å². The van der Waals surface area contributed by atoms with Crippen molar-refractivity contribution in [2.24, 2.45) is 23.7 Å². The van der Waals surface area contributed by atoms with Crippen LogP contribution in [-0.2, 0) is 9.59 Å². The zero-order valence-electron chi connectivity index (χ0n) is 30.4. The maximum Gasteiger partial charge on any atom is 0.414 e. The van der Waals surface area contributed by atoms with E-state index < -0.39 is 11.9 Å². The summed E-state index contributed by atoms with van der Waals surface area (Å²) < 4.78 is 11.3. The van der Waals surface area contributed by atoms with E-state index in [9.17, 15) is 0 Å². The first-order valence-corrected chi connectivity index (χ1v) is 19.3. The van der Waals surface area contributed by atoms with Gasteiger partial charge in [0.05, 0.1) is 25.6 Å². The molecular formula is C40H57N5O6. The monoisotopic (exact) mass is 703 g/mol. The largest absolute Gasteiger partial charge is 0.495 e. The summed E-state index contributed by atoms with van der Waals surface area (Å²) in [4.78, 5) is 28.9. The number of hydrogen-bond donors (Lipinski definition) is 3. The Kier molecular flexibility index (Phi) is 11.2. The second-order valence-electron chi connectivity index (χ2n) is 15.8. The number of benzene rings is 2. The van der Waals surface area contributed by atoms with Gasteiger partial charge in [-0.1, -0.05) is 24.3 Å². The molecular weight excluding hydrogens is 646 g/mol. The molecule has 2 aromatic rings. The number of aliphatic carboxylic acids is 2. The van der Waals surface area contributed by atoms with Crippen LogP contribution in [0.4, 0.5) is 11.4 Å². The number of carboxylic acids is 2. The number of fused-ring (bicyclic) bond motifs is 2. The van der Waals surface area contributed by atoms with Crippen LogP contribution in [0.1, 0.15) is 51.4 Å². The first kappa shape index (κ1) is 35.8. The molecule has 8 rings (SSSR count). The third-order valence-electron chi connectivity index (χ3n) is 13.1. The zero-order chi connectivity index (χ0) is 35.5. The van der Waals surface area contributed by atoms with Crippen LogP contribution in [0.25, 0.3) is 0 Å². The van der Waals surface area contributed by atoms with E-state index in [-0.39, 0.29) is 0 Å². The topological polar surface area (TPSA) is 118 Å². The van der Waals surface area contributed by atoms with Gasteiger partial charge in [0.25, 0.3) is 0 Å². The molecule has 278 valence electrons. The molecule has 6 fully saturated rings. The lowest BCUT2D eigenvalue weighted by atomic mass is 10.0. The molecule has 2 aromatic carbocycles. The molecule has 0 bridgehead atoms. The number of ether oxygens (including phenoxy) is 2. The third kappa shape index (κ3) is 8.10. The van der Waals surface area contributed by atoms with Gasteiger partial charge in [-0.3, -0.25) is 9.80 Å². The van der Waals surface area contributed by atoms with Crippen molar-refractivity contribution in [2.45, 2.75) is 75.5 Å². The number of hydrogen-bond acceptors (Lipinski definition) is 9. The van der Waals surface area contributed by atoms with Gasteiger partial charge in [-0.2, -0.15) is 0 Å². The van der Waals surface area contributed by atoms with E-state index in [0.717, 1.165) is 85.5 Å². The SMILES string of the molecule is COc1ccccc1N1CCN(C2CC3CC(NC4CC5CC(N6CCN(c7ccccc7OC)CC6)CC5C4)CC3C2)CC1.O=C(O)C(=O)O.